The van der Waals surface area contributed by atoms with E-state index >= 15 is 0 Å². The summed E-state index contributed by atoms with van der Waals surface area (Å²) in [6.07, 6.45) is 2.14. The fraction of sp³-hybridized carbons (Fsp3) is 0.385. The van der Waals surface area contributed by atoms with Gasteiger partial charge in [0.15, 0.2) is 4.77 Å². The standard InChI is InChI=1S/C13H17N3OS/c1-9-5-6-11-10(8-9)15-13(18)16(11)7-3-2-4-12(14)17/h5-6,8H,2-4,7H2,1H3,(H2,14,17)(H,15,18). The molecule has 0 saturated carbocycles. The van der Waals surface area contributed by atoms with Crippen LogP contribution in [0.15, 0.2) is 18.2 Å². The van der Waals surface area contributed by atoms with E-state index < -0.39 is 0 Å². The lowest BCUT2D eigenvalue weighted by atomic mass is 10.2. The zero-order valence-corrected chi connectivity index (χ0v) is 11.2. The first-order valence-corrected chi connectivity index (χ1v) is 6.46. The number of unbranched alkanes of at least 4 members (excludes halogenated alkanes) is 1. The number of nitrogens with zero attached hydrogens (tertiary/aromatic N) is 1. The number of carbonyl (C=O) groups is 1. The molecule has 0 bridgehead atoms. The molecule has 0 aliphatic rings. The number of aryl methyl sites for hydroxylation is 2. The van der Waals surface area contributed by atoms with Crippen molar-refractivity contribution in [3.8, 4) is 0 Å². The molecule has 0 saturated heterocycles. The second-order valence-corrected chi connectivity index (χ2v) is 4.91. The summed E-state index contributed by atoms with van der Waals surface area (Å²) < 4.78 is 2.81. The Morgan fingerprint density at radius 2 is 2.22 bits per heavy atom. The van der Waals surface area contributed by atoms with E-state index in [0.29, 0.717) is 6.42 Å². The summed E-state index contributed by atoms with van der Waals surface area (Å²) in [7, 11) is 0. The predicted octanol–water partition coefficient (Wildman–Crippen LogP) is 2.66. The van der Waals surface area contributed by atoms with E-state index in [1.54, 1.807) is 0 Å². The van der Waals surface area contributed by atoms with Gasteiger partial charge < -0.3 is 15.3 Å². The van der Waals surface area contributed by atoms with Crippen LogP contribution in [0.4, 0.5) is 0 Å². The molecule has 2 aromatic rings. The minimum atomic E-state index is -0.242. The number of H-pyrrole nitrogens is 1. The number of fused-ring (bicyclic) bond motifs is 1. The quantitative estimate of drug-likeness (QED) is 0.643. The molecule has 5 heteroatoms. The lowest BCUT2D eigenvalue weighted by Gasteiger charge is -2.04. The van der Waals surface area contributed by atoms with Crippen LogP contribution in [0.25, 0.3) is 11.0 Å². The molecule has 2 rings (SSSR count). The average Bonchev–Trinajstić information content (AvgIpc) is 2.59. The van der Waals surface area contributed by atoms with Crippen molar-refractivity contribution in [2.24, 2.45) is 5.73 Å². The van der Waals surface area contributed by atoms with E-state index in [4.69, 9.17) is 18.0 Å². The number of amides is 1. The fourth-order valence-corrected chi connectivity index (χ4v) is 2.37. The number of rotatable bonds is 5. The molecule has 0 aliphatic carbocycles. The second kappa shape index (κ2) is 5.35. The molecule has 18 heavy (non-hydrogen) atoms. The Morgan fingerprint density at radius 3 is 2.94 bits per heavy atom. The van der Waals surface area contributed by atoms with Gasteiger partial charge >= 0.3 is 0 Å². The zero-order valence-electron chi connectivity index (χ0n) is 10.4. The largest absolute Gasteiger partial charge is 0.370 e. The Hall–Kier alpha value is -1.62. The minimum absolute atomic E-state index is 0.242. The summed E-state index contributed by atoms with van der Waals surface area (Å²) in [5, 5.41) is 0. The molecule has 0 spiro atoms. The molecule has 1 aromatic heterocycles. The highest BCUT2D eigenvalue weighted by molar-refractivity contribution is 7.71. The van der Waals surface area contributed by atoms with Gasteiger partial charge in [0.2, 0.25) is 5.91 Å². The molecule has 0 radical (unpaired) electrons. The van der Waals surface area contributed by atoms with Crippen LogP contribution in [0.2, 0.25) is 0 Å². The van der Waals surface area contributed by atoms with Crippen molar-refractivity contribution in [2.45, 2.75) is 32.7 Å². The normalized spacial score (nSPS) is 10.9. The number of aromatic amines is 1. The first kappa shape index (κ1) is 12.8. The number of nitrogens with one attached hydrogen (secondary N) is 1. The monoisotopic (exact) mass is 263 g/mol. The van der Waals surface area contributed by atoms with Crippen molar-refractivity contribution in [2.75, 3.05) is 0 Å². The Bertz CT molecular complexity index is 627. The van der Waals surface area contributed by atoms with E-state index in [0.717, 1.165) is 35.2 Å². The van der Waals surface area contributed by atoms with Crippen LogP contribution < -0.4 is 5.73 Å². The van der Waals surface area contributed by atoms with Gasteiger partial charge in [-0.2, -0.15) is 0 Å². The van der Waals surface area contributed by atoms with Gasteiger partial charge in [0.1, 0.15) is 0 Å². The van der Waals surface area contributed by atoms with Gasteiger partial charge in [0, 0.05) is 13.0 Å². The van der Waals surface area contributed by atoms with Crippen LogP contribution in [0.3, 0.4) is 0 Å². The molecule has 3 N–H and O–H groups in total. The average molecular weight is 263 g/mol. The molecular formula is C13H17N3OS. The SMILES string of the molecule is Cc1ccc2c(c1)[nH]c(=S)n2CCCCC(N)=O. The molecule has 0 atom stereocenters. The zero-order chi connectivity index (χ0) is 13.1. The number of imidazole rings is 1. The van der Waals surface area contributed by atoms with Crippen molar-refractivity contribution in [1.82, 2.24) is 9.55 Å². The van der Waals surface area contributed by atoms with Crippen molar-refractivity contribution < 1.29 is 4.79 Å². The Labute approximate surface area is 111 Å². The third-order valence-corrected chi connectivity index (χ3v) is 3.31. The number of nitrogens with two attached hydrogens (primary N) is 1. The maximum atomic E-state index is 10.7. The van der Waals surface area contributed by atoms with Crippen LogP contribution in [0.1, 0.15) is 24.8 Å². The summed E-state index contributed by atoms with van der Waals surface area (Å²) in [4.78, 5) is 13.9. The smallest absolute Gasteiger partial charge is 0.217 e. The summed E-state index contributed by atoms with van der Waals surface area (Å²) >= 11 is 5.31. The van der Waals surface area contributed by atoms with E-state index in [9.17, 15) is 4.79 Å². The summed E-state index contributed by atoms with van der Waals surface area (Å²) in [5.74, 6) is -0.242. The molecule has 1 heterocycles. The van der Waals surface area contributed by atoms with Crippen molar-refractivity contribution in [3.63, 3.8) is 0 Å². The lowest BCUT2D eigenvalue weighted by Crippen LogP contribution is -2.10. The molecule has 1 amide bonds. The topological polar surface area (TPSA) is 63.8 Å². The number of carbonyl (C=O) groups excluding carboxylic acids is 1. The van der Waals surface area contributed by atoms with Gasteiger partial charge in [-0.3, -0.25) is 4.79 Å². The highest BCUT2D eigenvalue weighted by atomic mass is 32.1. The van der Waals surface area contributed by atoms with Gasteiger partial charge in [-0.1, -0.05) is 6.07 Å². The maximum absolute atomic E-state index is 10.7. The van der Waals surface area contributed by atoms with Crippen LogP contribution in [-0.4, -0.2) is 15.5 Å². The molecule has 0 unspecified atom stereocenters. The first-order chi connectivity index (χ1) is 8.58. The van der Waals surface area contributed by atoms with Gasteiger partial charge in [-0.05, 0) is 49.7 Å². The van der Waals surface area contributed by atoms with Gasteiger partial charge in [0.25, 0.3) is 0 Å². The highest BCUT2D eigenvalue weighted by Gasteiger charge is 2.04. The van der Waals surface area contributed by atoms with Gasteiger partial charge in [-0.25, -0.2) is 0 Å². The fourth-order valence-electron chi connectivity index (χ4n) is 2.07. The van der Waals surface area contributed by atoms with Crippen LogP contribution in [0.5, 0.6) is 0 Å². The van der Waals surface area contributed by atoms with Gasteiger partial charge in [0.05, 0.1) is 11.0 Å². The van der Waals surface area contributed by atoms with Gasteiger partial charge in [-0.15, -0.1) is 0 Å². The number of benzene rings is 1. The lowest BCUT2D eigenvalue weighted by molar-refractivity contribution is -0.118. The summed E-state index contributed by atoms with van der Waals surface area (Å²) in [6.45, 7) is 2.87. The molecule has 0 aliphatic heterocycles. The third kappa shape index (κ3) is 2.79. The molecule has 96 valence electrons. The van der Waals surface area contributed by atoms with Crippen LogP contribution in [0, 0.1) is 11.7 Å². The minimum Gasteiger partial charge on any atom is -0.370 e. The number of aromatic nitrogens is 2. The van der Waals surface area contributed by atoms with E-state index in [1.807, 2.05) is 0 Å². The van der Waals surface area contributed by atoms with Crippen molar-refractivity contribution >= 4 is 29.2 Å². The molecule has 1 aromatic carbocycles. The Morgan fingerprint density at radius 1 is 1.44 bits per heavy atom. The van der Waals surface area contributed by atoms with Crippen molar-refractivity contribution in [1.29, 1.82) is 0 Å². The predicted molar refractivity (Wildman–Crippen MR) is 74.9 cm³/mol. The summed E-state index contributed by atoms with van der Waals surface area (Å²) in [5.41, 5.74) is 8.50. The Kier molecular flexibility index (Phi) is 3.81. The molecular weight excluding hydrogens is 246 g/mol. The highest BCUT2D eigenvalue weighted by Crippen LogP contribution is 2.16. The van der Waals surface area contributed by atoms with E-state index in [1.165, 1.54) is 5.56 Å². The van der Waals surface area contributed by atoms with E-state index in [-0.39, 0.29) is 5.91 Å². The number of hydrogen-bond acceptors (Lipinski definition) is 2. The maximum Gasteiger partial charge on any atom is 0.217 e. The second-order valence-electron chi connectivity index (χ2n) is 4.53. The first-order valence-electron chi connectivity index (χ1n) is 6.05. The number of hydrogen-bond donors (Lipinski definition) is 2. The Balaban J connectivity index is 2.15. The summed E-state index contributed by atoms with van der Waals surface area (Å²) in [6, 6.07) is 6.24. The van der Waals surface area contributed by atoms with Crippen molar-refractivity contribution in [3.05, 3.63) is 28.5 Å². The third-order valence-electron chi connectivity index (χ3n) is 2.98. The van der Waals surface area contributed by atoms with Crippen LogP contribution >= 0.6 is 12.2 Å². The number of primary amides is 1. The molecule has 0 fully saturated rings. The molecule has 4 nitrogen and oxygen atoms in total. The van der Waals surface area contributed by atoms with E-state index in [2.05, 4.69) is 34.7 Å². The van der Waals surface area contributed by atoms with Crippen LogP contribution in [-0.2, 0) is 11.3 Å².